The summed E-state index contributed by atoms with van der Waals surface area (Å²) in [5, 5.41) is 0. The minimum atomic E-state index is -11.2. The number of rotatable bonds is 3. The molecule has 1 nitrogen and oxygen atoms in total. The van der Waals surface area contributed by atoms with Crippen LogP contribution in [0.15, 0.2) is 86.2 Å². The zero-order valence-electron chi connectivity index (χ0n) is 14.3. The molecule has 0 radical (unpaired) electrons. The molecule has 0 saturated heterocycles. The van der Waals surface area contributed by atoms with Gasteiger partial charge in [-0.2, -0.15) is 0 Å². The van der Waals surface area contributed by atoms with Gasteiger partial charge in [0.05, 0.1) is 0 Å². The third kappa shape index (κ3) is 10.4. The van der Waals surface area contributed by atoms with Crippen molar-refractivity contribution in [3.63, 3.8) is 0 Å². The molecule has 0 spiro atoms. The van der Waals surface area contributed by atoms with Gasteiger partial charge in [0, 0.05) is 49.8 Å². The first kappa shape index (κ1) is 24.7. The number of benzene rings is 3. The summed E-state index contributed by atoms with van der Waals surface area (Å²) in [4.78, 5) is 1.23. The van der Waals surface area contributed by atoms with Gasteiger partial charge in [0.2, 0.25) is 0 Å². The third-order valence-electron chi connectivity index (χ3n) is 3.40. The number of hydrogen-bond acceptors (Lipinski definition) is 0. The standard InChI is InChI=1S/C18H12Br3N.6FH.Sb/c19-13-1-7-16(8-2-13)22(17-9-3-14(20)4-10-17)18-11-5-15(21)6-12-18;;;;;;;/h1-12H;6*1H;/q;;;;;;;+5/p-5. The Labute approximate surface area is 191 Å². The normalized spacial score (nSPS) is 13.9. The number of halogens is 9. The van der Waals surface area contributed by atoms with E-state index in [2.05, 4.69) is 121 Å². The first-order chi connectivity index (χ1) is 13.1. The maximum atomic E-state index is 9.93. The summed E-state index contributed by atoms with van der Waals surface area (Å²) < 4.78 is 62.8. The van der Waals surface area contributed by atoms with Gasteiger partial charge >= 0.3 is 36.4 Å². The number of hydrogen-bond donors (Lipinski definition) is 1. The minimum absolute atomic E-state index is 1.09. The Morgan fingerprint density at radius 2 is 0.621 bits per heavy atom. The van der Waals surface area contributed by atoms with Crippen LogP contribution < -0.4 is 4.90 Å². The maximum absolute atomic E-state index is 11.2. The molecule has 0 aliphatic carbocycles. The van der Waals surface area contributed by atoms with Gasteiger partial charge in [-0.3, -0.25) is 0 Å². The average molecular weight is 719 g/mol. The van der Waals surface area contributed by atoms with Crippen molar-refractivity contribution in [2.45, 2.75) is 0 Å². The summed E-state index contributed by atoms with van der Waals surface area (Å²) in [6.07, 6.45) is 0. The fraction of sp³-hybridized carbons (Fsp3) is 0. The van der Waals surface area contributed by atoms with E-state index in [1.807, 2.05) is 0 Å². The van der Waals surface area contributed by atoms with Gasteiger partial charge in [0.15, 0.2) is 0 Å². The van der Waals surface area contributed by atoms with Crippen LogP contribution in [0.1, 0.15) is 0 Å². The topological polar surface area (TPSA) is 4.44 Å². The monoisotopic (exact) mass is 715 g/mol. The van der Waals surface area contributed by atoms with Gasteiger partial charge in [-0.25, -0.2) is 4.90 Å². The van der Waals surface area contributed by atoms with E-state index in [9.17, 15) is 16.9 Å². The summed E-state index contributed by atoms with van der Waals surface area (Å²) in [6, 6.07) is 25.3. The van der Waals surface area contributed by atoms with Gasteiger partial charge < -0.3 is 0 Å². The first-order valence-electron chi connectivity index (χ1n) is 7.80. The molecule has 158 valence electrons. The molecule has 0 bridgehead atoms. The van der Waals surface area contributed by atoms with Crippen molar-refractivity contribution in [2.24, 2.45) is 0 Å². The fourth-order valence-electron chi connectivity index (χ4n) is 2.35. The van der Waals surface area contributed by atoms with Gasteiger partial charge in [-0.05, 0) is 36.4 Å². The van der Waals surface area contributed by atoms with E-state index in [4.69, 9.17) is 0 Å². The summed E-state index contributed by atoms with van der Waals surface area (Å²) in [7, 11) is 0. The van der Waals surface area contributed by atoms with E-state index < -0.39 is 19.5 Å². The van der Waals surface area contributed by atoms with E-state index in [-0.39, 0.29) is 0 Å². The fourth-order valence-corrected chi connectivity index (χ4v) is 3.14. The van der Waals surface area contributed by atoms with Crippen LogP contribution >= 0.6 is 47.8 Å². The molecule has 0 aromatic heterocycles. The van der Waals surface area contributed by atoms with Crippen molar-refractivity contribution < 1.29 is 21.8 Å². The first-order valence-corrected chi connectivity index (χ1v) is 16.0. The Morgan fingerprint density at radius 3 is 0.793 bits per heavy atom. The Hall–Kier alpha value is -0.542. The van der Waals surface area contributed by atoms with Gasteiger partial charge in [0.1, 0.15) is 17.1 Å². The molecule has 0 heterocycles. The molecule has 0 aliphatic heterocycles. The summed E-state index contributed by atoms with van der Waals surface area (Å²) in [5.74, 6) is 0. The molecule has 0 atom stereocenters. The molecule has 1 N–H and O–H groups in total. The molecule has 29 heavy (non-hydrogen) atoms. The molecular weight excluding hydrogens is 706 g/mol. The number of nitrogens with one attached hydrogen (secondary N) is 1. The summed E-state index contributed by atoms with van der Waals surface area (Å²) in [6.45, 7) is 0. The Bertz CT molecular complexity index is 841. The molecule has 0 unspecified atom stereocenters. The van der Waals surface area contributed by atoms with Crippen LogP contribution in [0, 0.1) is 0 Å². The van der Waals surface area contributed by atoms with E-state index in [0.29, 0.717) is 0 Å². The van der Waals surface area contributed by atoms with Crippen LogP contribution in [-0.4, -0.2) is 19.5 Å². The molecule has 11 heteroatoms. The third-order valence-corrected chi connectivity index (χ3v) is 4.98. The Kier molecular flexibility index (Phi) is 7.28. The van der Waals surface area contributed by atoms with Crippen molar-refractivity contribution in [3.8, 4) is 0 Å². The van der Waals surface area contributed by atoms with Crippen LogP contribution in [0.5, 0.6) is 0 Å². The second-order valence-corrected chi connectivity index (χ2v) is 14.1. The van der Waals surface area contributed by atoms with Gasteiger partial charge in [0.25, 0.3) is 0 Å². The molecule has 0 saturated carbocycles. The zero-order chi connectivity index (χ0) is 21.9. The van der Waals surface area contributed by atoms with Crippen molar-refractivity contribution >= 4 is 84.3 Å². The molecule has 0 aliphatic rings. The summed E-state index contributed by atoms with van der Waals surface area (Å²) >= 11 is -0.737. The van der Waals surface area contributed by atoms with Crippen molar-refractivity contribution in [3.05, 3.63) is 86.2 Å². The van der Waals surface area contributed by atoms with Crippen LogP contribution in [0.2, 0.25) is 0 Å². The quantitative estimate of drug-likeness (QED) is 0.206. The van der Waals surface area contributed by atoms with Gasteiger partial charge in [-0.1, -0.05) is 47.8 Å². The van der Waals surface area contributed by atoms with Gasteiger partial charge in [-0.15, -0.1) is 0 Å². The van der Waals surface area contributed by atoms with Crippen molar-refractivity contribution in [2.75, 3.05) is 0 Å². The molecule has 0 amide bonds. The molecule has 3 rings (SSSR count). The second kappa shape index (κ2) is 8.53. The van der Waals surface area contributed by atoms with Crippen LogP contribution in [0.4, 0.5) is 33.9 Å². The zero-order valence-corrected chi connectivity index (χ0v) is 21.6. The predicted molar refractivity (Wildman–Crippen MR) is 115 cm³/mol. The van der Waals surface area contributed by atoms with Crippen LogP contribution in [0.25, 0.3) is 0 Å². The Morgan fingerprint density at radius 1 is 0.448 bits per heavy atom. The molecule has 3 aromatic carbocycles. The Balaban J connectivity index is 0.000000370. The van der Waals surface area contributed by atoms with E-state index >= 15 is 0 Å². The second-order valence-electron chi connectivity index (χ2n) is 5.85. The summed E-state index contributed by atoms with van der Waals surface area (Å²) in [5.41, 5.74) is 3.61. The van der Waals surface area contributed by atoms with E-state index in [1.54, 1.807) is 0 Å². The van der Waals surface area contributed by atoms with Crippen molar-refractivity contribution in [1.82, 2.24) is 0 Å². The average Bonchev–Trinajstić information content (AvgIpc) is 2.57. The molecule has 3 aromatic rings. The van der Waals surface area contributed by atoms with Crippen molar-refractivity contribution in [1.29, 1.82) is 0 Å². The van der Waals surface area contributed by atoms with Crippen LogP contribution in [-0.2, 0) is 0 Å². The van der Waals surface area contributed by atoms with E-state index in [0.717, 1.165) is 13.4 Å². The molecule has 0 fully saturated rings. The van der Waals surface area contributed by atoms with Crippen LogP contribution in [0.3, 0.4) is 0 Å². The van der Waals surface area contributed by atoms with E-state index in [1.165, 1.54) is 22.0 Å². The molecular formula is C18H13Br3F6NSb. The predicted octanol–water partition coefficient (Wildman–Crippen LogP) is 8.29. The number of quaternary nitrogens is 1. The SMILES string of the molecule is Brc1ccc([NH+](c2ccc(Br)cc2)c2ccc(Br)cc2)cc1.[F][Sb-]([F])([F])([F])([F])[F].